The van der Waals surface area contributed by atoms with Crippen LogP contribution in [0, 0.1) is 0 Å². The van der Waals surface area contributed by atoms with Gasteiger partial charge in [-0.05, 0) is 18.2 Å². The smallest absolute Gasteiger partial charge is 0.225 e. The van der Waals surface area contributed by atoms with Gasteiger partial charge in [0.1, 0.15) is 0 Å². The van der Waals surface area contributed by atoms with E-state index in [-0.39, 0.29) is 5.91 Å². The monoisotopic (exact) mass is 257 g/mol. The number of nitrogens with one attached hydrogen (secondary N) is 1. The van der Waals surface area contributed by atoms with Gasteiger partial charge in [0.15, 0.2) is 0 Å². The molecule has 1 amide bonds. The average Bonchev–Trinajstić information content (AvgIpc) is 2.29. The summed E-state index contributed by atoms with van der Waals surface area (Å²) in [5, 5.41) is 4.83. The van der Waals surface area contributed by atoms with Gasteiger partial charge in [0.05, 0.1) is 18.5 Å². The van der Waals surface area contributed by atoms with Crippen LogP contribution in [0.5, 0.6) is 0 Å². The highest BCUT2D eigenvalue weighted by atomic mass is 35.5. The van der Waals surface area contributed by atoms with E-state index in [0.717, 1.165) is 0 Å². The zero-order chi connectivity index (χ0) is 12.8. The maximum atomic E-state index is 11.6. The lowest BCUT2D eigenvalue weighted by atomic mass is 10.2. The van der Waals surface area contributed by atoms with Gasteiger partial charge in [-0.15, -0.1) is 0 Å². The van der Waals surface area contributed by atoms with Crippen molar-refractivity contribution < 1.29 is 9.63 Å². The van der Waals surface area contributed by atoms with Crippen molar-refractivity contribution in [3.05, 3.63) is 23.2 Å². The number of carbonyl (C=O) groups excluding carboxylic acids is 1. The van der Waals surface area contributed by atoms with E-state index in [9.17, 15) is 4.79 Å². The number of rotatable bonds is 5. The second-order valence-electron chi connectivity index (χ2n) is 3.56. The third-order valence-electron chi connectivity index (χ3n) is 2.25. The van der Waals surface area contributed by atoms with E-state index in [4.69, 9.17) is 22.2 Å². The number of hydroxylamine groups is 2. The summed E-state index contributed by atoms with van der Waals surface area (Å²) in [4.78, 5) is 16.5. The first-order valence-corrected chi connectivity index (χ1v) is 5.51. The lowest BCUT2D eigenvalue weighted by Gasteiger charge is -2.13. The van der Waals surface area contributed by atoms with Gasteiger partial charge in [0.25, 0.3) is 0 Å². The van der Waals surface area contributed by atoms with Crippen molar-refractivity contribution in [3.63, 3.8) is 0 Å². The van der Waals surface area contributed by atoms with Crippen LogP contribution in [0.4, 0.5) is 11.4 Å². The zero-order valence-electron chi connectivity index (χ0n) is 9.87. The molecule has 0 aliphatic rings. The summed E-state index contributed by atoms with van der Waals surface area (Å²) in [5.74, 6) is -0.122. The molecule has 0 radical (unpaired) electrons. The summed E-state index contributed by atoms with van der Waals surface area (Å²) in [6, 6.07) is 4.95. The highest BCUT2D eigenvalue weighted by Crippen LogP contribution is 2.22. The summed E-state index contributed by atoms with van der Waals surface area (Å²) in [5.41, 5.74) is 6.74. The van der Waals surface area contributed by atoms with Gasteiger partial charge in [-0.1, -0.05) is 11.6 Å². The Labute approximate surface area is 105 Å². The number of halogens is 1. The van der Waals surface area contributed by atoms with Crippen LogP contribution in [0.25, 0.3) is 0 Å². The van der Waals surface area contributed by atoms with Gasteiger partial charge in [-0.25, -0.2) is 0 Å². The Morgan fingerprint density at radius 2 is 2.29 bits per heavy atom. The van der Waals surface area contributed by atoms with Gasteiger partial charge in [0, 0.05) is 25.0 Å². The van der Waals surface area contributed by atoms with Crippen LogP contribution in [0.15, 0.2) is 18.2 Å². The molecule has 0 aliphatic carbocycles. The molecule has 0 aliphatic heterocycles. The molecule has 94 valence electrons. The molecular weight excluding hydrogens is 242 g/mol. The number of hydrogen-bond acceptors (Lipinski definition) is 4. The first-order chi connectivity index (χ1) is 8.02. The molecule has 1 aromatic rings. The quantitative estimate of drug-likeness (QED) is 0.623. The number of nitrogen functional groups attached to an aromatic ring is 1. The minimum atomic E-state index is -0.122. The summed E-state index contributed by atoms with van der Waals surface area (Å²) >= 11 is 5.76. The maximum Gasteiger partial charge on any atom is 0.225 e. The van der Waals surface area contributed by atoms with Gasteiger partial charge in [-0.3, -0.25) is 4.79 Å². The number of nitrogens with two attached hydrogens (primary N) is 1. The Morgan fingerprint density at radius 1 is 1.59 bits per heavy atom. The van der Waals surface area contributed by atoms with E-state index in [1.165, 1.54) is 0 Å². The highest BCUT2D eigenvalue weighted by molar-refractivity contribution is 6.31. The molecule has 0 unspecified atom stereocenters. The topological polar surface area (TPSA) is 67.6 Å². The fraction of sp³-hybridized carbons (Fsp3) is 0.364. The van der Waals surface area contributed by atoms with Crippen molar-refractivity contribution in [1.29, 1.82) is 0 Å². The van der Waals surface area contributed by atoms with Crippen molar-refractivity contribution in [1.82, 2.24) is 5.06 Å². The molecule has 3 N–H and O–H groups in total. The molecular formula is C11H16ClN3O2. The Morgan fingerprint density at radius 3 is 2.88 bits per heavy atom. The third kappa shape index (κ3) is 4.60. The van der Waals surface area contributed by atoms with E-state index in [1.54, 1.807) is 37.4 Å². The maximum absolute atomic E-state index is 11.6. The molecule has 5 nitrogen and oxygen atoms in total. The Balaban J connectivity index is 2.50. The van der Waals surface area contributed by atoms with Gasteiger partial charge in [-0.2, -0.15) is 5.06 Å². The predicted molar refractivity (Wildman–Crippen MR) is 68.8 cm³/mol. The molecule has 0 heterocycles. The SMILES string of the molecule is CON(C)CCC(=O)Nc1ccc(Cl)cc1N. The summed E-state index contributed by atoms with van der Waals surface area (Å²) in [6.07, 6.45) is 0.326. The van der Waals surface area contributed by atoms with Crippen LogP contribution >= 0.6 is 11.6 Å². The van der Waals surface area contributed by atoms with E-state index in [0.29, 0.717) is 29.4 Å². The van der Waals surface area contributed by atoms with E-state index < -0.39 is 0 Å². The van der Waals surface area contributed by atoms with Crippen LogP contribution < -0.4 is 11.1 Å². The number of nitrogens with zero attached hydrogens (tertiary/aromatic N) is 1. The van der Waals surface area contributed by atoms with Crippen molar-refractivity contribution in [2.45, 2.75) is 6.42 Å². The van der Waals surface area contributed by atoms with E-state index in [1.807, 2.05) is 0 Å². The molecule has 0 saturated carbocycles. The Kier molecular flexibility index (Phi) is 5.21. The molecule has 1 rings (SSSR count). The molecule has 1 aromatic carbocycles. The molecule has 17 heavy (non-hydrogen) atoms. The lowest BCUT2D eigenvalue weighted by Crippen LogP contribution is -2.23. The second kappa shape index (κ2) is 6.44. The molecule has 0 fully saturated rings. The molecule has 0 atom stereocenters. The number of carbonyl (C=O) groups is 1. The fourth-order valence-electron chi connectivity index (χ4n) is 1.21. The molecule has 0 spiro atoms. The standard InChI is InChI=1S/C11H16ClN3O2/c1-15(17-2)6-5-11(16)14-10-4-3-8(12)7-9(10)13/h3-4,7H,5-6,13H2,1-2H3,(H,14,16). The largest absolute Gasteiger partial charge is 0.397 e. The molecule has 0 saturated heterocycles. The first-order valence-electron chi connectivity index (χ1n) is 5.13. The van der Waals surface area contributed by atoms with Crippen LogP contribution in [0.3, 0.4) is 0 Å². The second-order valence-corrected chi connectivity index (χ2v) is 4.00. The summed E-state index contributed by atoms with van der Waals surface area (Å²) < 4.78 is 0. The first kappa shape index (κ1) is 13.8. The van der Waals surface area contributed by atoms with Crippen molar-refractivity contribution in [2.24, 2.45) is 0 Å². The van der Waals surface area contributed by atoms with Crippen LogP contribution in [0.2, 0.25) is 5.02 Å². The average molecular weight is 258 g/mol. The number of hydrogen-bond donors (Lipinski definition) is 2. The molecule has 6 heteroatoms. The Bertz CT molecular complexity index is 398. The van der Waals surface area contributed by atoms with Crippen molar-refractivity contribution >= 4 is 28.9 Å². The predicted octanol–water partition coefficient (Wildman–Crippen LogP) is 1.74. The molecule has 0 bridgehead atoms. The van der Waals surface area contributed by atoms with Gasteiger partial charge >= 0.3 is 0 Å². The van der Waals surface area contributed by atoms with Crippen LogP contribution in [-0.2, 0) is 9.63 Å². The van der Waals surface area contributed by atoms with Crippen LogP contribution in [0.1, 0.15) is 6.42 Å². The van der Waals surface area contributed by atoms with Crippen molar-refractivity contribution in [3.8, 4) is 0 Å². The van der Waals surface area contributed by atoms with Crippen LogP contribution in [-0.4, -0.2) is 31.7 Å². The highest BCUT2D eigenvalue weighted by Gasteiger charge is 2.07. The minimum Gasteiger partial charge on any atom is -0.397 e. The Hall–Kier alpha value is -1.30. The third-order valence-corrected chi connectivity index (χ3v) is 2.49. The summed E-state index contributed by atoms with van der Waals surface area (Å²) in [7, 11) is 3.30. The zero-order valence-corrected chi connectivity index (χ0v) is 10.6. The number of amides is 1. The minimum absolute atomic E-state index is 0.122. The molecule has 0 aromatic heterocycles. The normalized spacial score (nSPS) is 10.6. The lowest BCUT2D eigenvalue weighted by molar-refractivity contribution is -0.126. The van der Waals surface area contributed by atoms with E-state index in [2.05, 4.69) is 5.32 Å². The fourth-order valence-corrected chi connectivity index (χ4v) is 1.39. The van der Waals surface area contributed by atoms with Crippen molar-refractivity contribution in [2.75, 3.05) is 31.8 Å². The van der Waals surface area contributed by atoms with Gasteiger partial charge in [0.2, 0.25) is 5.91 Å². The number of anilines is 2. The summed E-state index contributed by atoms with van der Waals surface area (Å²) in [6.45, 7) is 0.510. The van der Waals surface area contributed by atoms with E-state index >= 15 is 0 Å². The number of benzene rings is 1. The van der Waals surface area contributed by atoms with Gasteiger partial charge < -0.3 is 15.9 Å².